The molecule has 0 radical (unpaired) electrons. The molecule has 0 aliphatic rings. The Morgan fingerprint density at radius 1 is 1.33 bits per heavy atom. The van der Waals surface area contributed by atoms with Crippen molar-refractivity contribution in [3.8, 4) is 5.69 Å². The second-order valence-electron chi connectivity index (χ2n) is 4.16. The monoisotopic (exact) mass is 308 g/mol. The Balaban J connectivity index is 2.36. The third-order valence-corrected chi connectivity index (χ3v) is 3.02. The Bertz CT molecular complexity index is 551. The van der Waals surface area contributed by atoms with Crippen LogP contribution in [0.25, 0.3) is 5.69 Å². The molecule has 5 nitrogen and oxygen atoms in total. The first kappa shape index (κ1) is 12.8. The van der Waals surface area contributed by atoms with Crippen molar-refractivity contribution in [3.63, 3.8) is 0 Å². The Morgan fingerprint density at radius 2 is 2.00 bits per heavy atom. The highest BCUT2D eigenvalue weighted by Crippen LogP contribution is 2.20. The molecule has 2 rings (SSSR count). The minimum absolute atomic E-state index is 0.1000. The summed E-state index contributed by atoms with van der Waals surface area (Å²) in [6, 6.07) is 5.62. The van der Waals surface area contributed by atoms with E-state index in [1.165, 1.54) is 0 Å². The van der Waals surface area contributed by atoms with Crippen molar-refractivity contribution in [2.75, 3.05) is 0 Å². The zero-order chi connectivity index (χ0) is 13.1. The highest BCUT2D eigenvalue weighted by Gasteiger charge is 2.12. The Kier molecular flexibility index (Phi) is 3.76. The molecule has 1 aromatic heterocycles. The van der Waals surface area contributed by atoms with Gasteiger partial charge in [-0.3, -0.25) is 9.36 Å². The number of nitrogens with one attached hydrogen (secondary N) is 1. The molecule has 1 amide bonds. The first-order valence-electron chi connectivity index (χ1n) is 5.53. The van der Waals surface area contributed by atoms with Gasteiger partial charge in [0.1, 0.15) is 12.7 Å². The average molecular weight is 309 g/mol. The molecular weight excluding hydrogens is 296 g/mol. The molecular formula is C12H13BrN4O. The van der Waals surface area contributed by atoms with Crippen molar-refractivity contribution in [2.45, 2.75) is 19.9 Å². The van der Waals surface area contributed by atoms with Crippen molar-refractivity contribution < 1.29 is 4.79 Å². The van der Waals surface area contributed by atoms with Crippen molar-refractivity contribution >= 4 is 21.8 Å². The van der Waals surface area contributed by atoms with E-state index in [2.05, 4.69) is 31.4 Å². The molecule has 1 heterocycles. The van der Waals surface area contributed by atoms with Crippen molar-refractivity contribution in [2.24, 2.45) is 0 Å². The maximum Gasteiger partial charge on any atom is 0.252 e. The van der Waals surface area contributed by atoms with Gasteiger partial charge in [-0.05, 0) is 48.0 Å². The van der Waals surface area contributed by atoms with Gasteiger partial charge >= 0.3 is 0 Å². The van der Waals surface area contributed by atoms with E-state index in [-0.39, 0.29) is 11.9 Å². The predicted octanol–water partition coefficient (Wildman–Crippen LogP) is 2.17. The quantitative estimate of drug-likeness (QED) is 0.945. The van der Waals surface area contributed by atoms with E-state index in [1.807, 2.05) is 26.0 Å². The van der Waals surface area contributed by atoms with Crippen LogP contribution in [-0.4, -0.2) is 26.7 Å². The van der Waals surface area contributed by atoms with Crippen LogP contribution in [0.5, 0.6) is 0 Å². The summed E-state index contributed by atoms with van der Waals surface area (Å²) >= 11 is 3.38. The highest BCUT2D eigenvalue weighted by atomic mass is 79.9. The third-order valence-electron chi connectivity index (χ3n) is 2.33. The van der Waals surface area contributed by atoms with Gasteiger partial charge in [0.15, 0.2) is 0 Å². The van der Waals surface area contributed by atoms with Crippen LogP contribution >= 0.6 is 15.9 Å². The predicted molar refractivity (Wildman–Crippen MR) is 71.7 cm³/mol. The zero-order valence-corrected chi connectivity index (χ0v) is 11.7. The molecule has 1 aromatic carbocycles. The SMILES string of the molecule is CC(C)NC(=O)c1cc(-n2cnnc2)ccc1Br. The van der Waals surface area contributed by atoms with E-state index in [1.54, 1.807) is 23.3 Å². The molecule has 0 aliphatic carbocycles. The maximum atomic E-state index is 12.0. The minimum Gasteiger partial charge on any atom is -0.350 e. The molecule has 0 fully saturated rings. The molecule has 2 aromatic rings. The lowest BCUT2D eigenvalue weighted by atomic mass is 10.1. The summed E-state index contributed by atoms with van der Waals surface area (Å²) in [7, 11) is 0. The van der Waals surface area contributed by atoms with Crippen molar-refractivity contribution in [1.82, 2.24) is 20.1 Å². The lowest BCUT2D eigenvalue weighted by Gasteiger charge is -2.11. The molecule has 94 valence electrons. The summed E-state index contributed by atoms with van der Waals surface area (Å²) in [6.45, 7) is 3.85. The number of halogens is 1. The van der Waals surface area contributed by atoms with Gasteiger partial charge < -0.3 is 5.32 Å². The topological polar surface area (TPSA) is 59.8 Å². The van der Waals surface area contributed by atoms with Gasteiger partial charge in [-0.2, -0.15) is 0 Å². The number of hydrogen-bond acceptors (Lipinski definition) is 3. The first-order valence-corrected chi connectivity index (χ1v) is 6.32. The van der Waals surface area contributed by atoms with Crippen LogP contribution in [0.2, 0.25) is 0 Å². The van der Waals surface area contributed by atoms with E-state index in [0.717, 1.165) is 10.2 Å². The van der Waals surface area contributed by atoms with Gasteiger partial charge in [0.2, 0.25) is 0 Å². The molecule has 0 bridgehead atoms. The minimum atomic E-state index is -0.105. The number of carbonyl (C=O) groups is 1. The molecule has 0 saturated heterocycles. The van der Waals surface area contributed by atoms with E-state index in [9.17, 15) is 4.79 Å². The van der Waals surface area contributed by atoms with E-state index in [4.69, 9.17) is 0 Å². The second kappa shape index (κ2) is 5.30. The van der Waals surface area contributed by atoms with Crippen LogP contribution in [0.4, 0.5) is 0 Å². The number of hydrogen-bond donors (Lipinski definition) is 1. The van der Waals surface area contributed by atoms with Gasteiger partial charge in [0.25, 0.3) is 5.91 Å². The Labute approximate surface area is 113 Å². The van der Waals surface area contributed by atoms with E-state index in [0.29, 0.717) is 5.56 Å². The molecule has 0 unspecified atom stereocenters. The summed E-state index contributed by atoms with van der Waals surface area (Å²) in [5.74, 6) is -0.105. The molecule has 0 aliphatic heterocycles. The molecule has 18 heavy (non-hydrogen) atoms. The normalized spacial score (nSPS) is 10.7. The number of amides is 1. The van der Waals surface area contributed by atoms with Gasteiger partial charge in [0, 0.05) is 16.2 Å². The Hall–Kier alpha value is -1.69. The molecule has 0 spiro atoms. The van der Waals surface area contributed by atoms with Crippen molar-refractivity contribution in [3.05, 3.63) is 40.9 Å². The Morgan fingerprint density at radius 3 is 2.61 bits per heavy atom. The zero-order valence-electron chi connectivity index (χ0n) is 10.1. The fourth-order valence-corrected chi connectivity index (χ4v) is 1.95. The number of aromatic nitrogens is 3. The summed E-state index contributed by atoms with van der Waals surface area (Å²) in [5.41, 5.74) is 1.44. The summed E-state index contributed by atoms with van der Waals surface area (Å²) in [5, 5.41) is 10.4. The van der Waals surface area contributed by atoms with Gasteiger partial charge in [-0.25, -0.2) is 0 Å². The van der Waals surface area contributed by atoms with Crippen LogP contribution in [0.15, 0.2) is 35.3 Å². The van der Waals surface area contributed by atoms with Crippen LogP contribution in [0.3, 0.4) is 0 Å². The fourth-order valence-electron chi connectivity index (χ4n) is 1.52. The molecule has 1 N–H and O–H groups in total. The standard InChI is InChI=1S/C12H13BrN4O/c1-8(2)16-12(18)10-5-9(3-4-11(10)13)17-6-14-15-7-17/h3-8H,1-2H3,(H,16,18). The van der Waals surface area contributed by atoms with Gasteiger partial charge in [0.05, 0.1) is 5.56 Å². The number of benzene rings is 1. The van der Waals surface area contributed by atoms with Crippen molar-refractivity contribution in [1.29, 1.82) is 0 Å². The average Bonchev–Trinajstić information content (AvgIpc) is 2.82. The van der Waals surface area contributed by atoms with Crippen LogP contribution in [0.1, 0.15) is 24.2 Å². The molecule has 0 saturated carbocycles. The summed E-state index contributed by atoms with van der Waals surface area (Å²) < 4.78 is 2.51. The number of carbonyl (C=O) groups excluding carboxylic acids is 1. The van der Waals surface area contributed by atoms with Crippen LogP contribution < -0.4 is 5.32 Å². The van der Waals surface area contributed by atoms with E-state index >= 15 is 0 Å². The third kappa shape index (κ3) is 2.76. The number of nitrogens with zero attached hydrogens (tertiary/aromatic N) is 3. The first-order chi connectivity index (χ1) is 8.58. The smallest absolute Gasteiger partial charge is 0.252 e. The summed E-state index contributed by atoms with van der Waals surface area (Å²) in [4.78, 5) is 12.0. The summed E-state index contributed by atoms with van der Waals surface area (Å²) in [6.07, 6.45) is 3.18. The fraction of sp³-hybridized carbons (Fsp3) is 0.250. The van der Waals surface area contributed by atoms with Crippen LogP contribution in [0, 0.1) is 0 Å². The van der Waals surface area contributed by atoms with Gasteiger partial charge in [-0.1, -0.05) is 0 Å². The number of rotatable bonds is 3. The van der Waals surface area contributed by atoms with Gasteiger partial charge in [-0.15, -0.1) is 10.2 Å². The molecule has 6 heteroatoms. The lowest BCUT2D eigenvalue weighted by molar-refractivity contribution is 0.0942. The lowest BCUT2D eigenvalue weighted by Crippen LogP contribution is -2.30. The second-order valence-corrected chi connectivity index (χ2v) is 5.02. The largest absolute Gasteiger partial charge is 0.350 e. The maximum absolute atomic E-state index is 12.0. The molecule has 0 atom stereocenters. The van der Waals surface area contributed by atoms with Crippen LogP contribution in [-0.2, 0) is 0 Å². The highest BCUT2D eigenvalue weighted by molar-refractivity contribution is 9.10. The van der Waals surface area contributed by atoms with E-state index < -0.39 is 0 Å².